The number of carbonyl (C=O) groups is 2. The number of carbonyl (C=O) groups excluding carboxylic acids is 2. The van der Waals surface area contributed by atoms with Gasteiger partial charge in [0.25, 0.3) is 0 Å². The number of H-pyrrole nitrogens is 1. The normalized spacial score (nSPS) is 10.5. The number of benzene rings is 1. The molecule has 1 aromatic carbocycles. The van der Waals surface area contributed by atoms with Crippen molar-refractivity contribution in [1.29, 1.82) is 0 Å². The topological polar surface area (TPSA) is 87.7 Å². The maximum atomic E-state index is 11.9. The highest BCUT2D eigenvalue weighted by molar-refractivity contribution is 7.99. The third kappa shape index (κ3) is 5.52. The van der Waals surface area contributed by atoms with Crippen LogP contribution < -0.4 is 5.32 Å². The van der Waals surface area contributed by atoms with Gasteiger partial charge in [0.15, 0.2) is 5.78 Å². The summed E-state index contributed by atoms with van der Waals surface area (Å²) in [6, 6.07) is 6.82. The minimum Gasteiger partial charge on any atom is -0.325 e. The second kappa shape index (κ2) is 8.47. The average Bonchev–Trinajstić information content (AvgIpc) is 2.99. The van der Waals surface area contributed by atoms with Gasteiger partial charge in [0.2, 0.25) is 11.1 Å². The van der Waals surface area contributed by atoms with Crippen LogP contribution in [0, 0.1) is 0 Å². The highest BCUT2D eigenvalue weighted by Gasteiger charge is 2.08. The Balaban J connectivity index is 1.80. The van der Waals surface area contributed by atoms with E-state index in [9.17, 15) is 9.59 Å². The van der Waals surface area contributed by atoms with Crippen molar-refractivity contribution in [2.75, 3.05) is 11.1 Å². The van der Waals surface area contributed by atoms with E-state index in [1.54, 1.807) is 24.3 Å². The predicted molar refractivity (Wildman–Crippen MR) is 90.8 cm³/mol. The number of anilines is 1. The number of aryl methyl sites for hydroxylation is 1. The Morgan fingerprint density at radius 1 is 1.26 bits per heavy atom. The van der Waals surface area contributed by atoms with E-state index < -0.39 is 0 Å². The molecule has 1 amide bonds. The van der Waals surface area contributed by atoms with E-state index in [1.807, 2.05) is 0 Å². The SMILES string of the molecule is CCCCc1nc(SCC(=O)Nc2ccc(C(C)=O)cc2)n[nH]1. The van der Waals surface area contributed by atoms with Gasteiger partial charge in [0, 0.05) is 17.7 Å². The molecule has 1 aromatic heterocycles. The molecule has 0 saturated carbocycles. The summed E-state index contributed by atoms with van der Waals surface area (Å²) in [5.41, 5.74) is 1.29. The van der Waals surface area contributed by atoms with Gasteiger partial charge in [-0.1, -0.05) is 25.1 Å². The Morgan fingerprint density at radius 2 is 2.00 bits per heavy atom. The summed E-state index contributed by atoms with van der Waals surface area (Å²) in [6.45, 7) is 3.63. The van der Waals surface area contributed by atoms with E-state index in [1.165, 1.54) is 18.7 Å². The lowest BCUT2D eigenvalue weighted by molar-refractivity contribution is -0.113. The van der Waals surface area contributed by atoms with E-state index >= 15 is 0 Å². The molecule has 0 aliphatic carbocycles. The summed E-state index contributed by atoms with van der Waals surface area (Å²) in [4.78, 5) is 27.5. The molecule has 122 valence electrons. The fraction of sp³-hybridized carbons (Fsp3) is 0.375. The number of amides is 1. The minimum absolute atomic E-state index is 0.00177. The highest BCUT2D eigenvalue weighted by atomic mass is 32.2. The Hall–Kier alpha value is -2.15. The van der Waals surface area contributed by atoms with Crippen molar-refractivity contribution in [1.82, 2.24) is 15.2 Å². The van der Waals surface area contributed by atoms with Crippen LogP contribution in [0.25, 0.3) is 0 Å². The maximum absolute atomic E-state index is 11.9. The molecule has 6 nitrogen and oxygen atoms in total. The number of thioether (sulfide) groups is 1. The Morgan fingerprint density at radius 3 is 2.65 bits per heavy atom. The molecule has 0 saturated heterocycles. The molecule has 0 spiro atoms. The van der Waals surface area contributed by atoms with Gasteiger partial charge in [-0.15, -0.1) is 5.10 Å². The molecule has 23 heavy (non-hydrogen) atoms. The number of hydrogen-bond acceptors (Lipinski definition) is 5. The summed E-state index contributed by atoms with van der Waals surface area (Å²) < 4.78 is 0. The summed E-state index contributed by atoms with van der Waals surface area (Å²) in [6.07, 6.45) is 3.04. The van der Waals surface area contributed by atoms with Gasteiger partial charge >= 0.3 is 0 Å². The first-order chi connectivity index (χ1) is 11.1. The first-order valence-corrected chi connectivity index (χ1v) is 8.52. The molecule has 2 rings (SSSR count). The zero-order valence-corrected chi connectivity index (χ0v) is 14.1. The monoisotopic (exact) mass is 332 g/mol. The van der Waals surface area contributed by atoms with Crippen LogP contribution in [0.3, 0.4) is 0 Å². The second-order valence-corrected chi connectivity index (χ2v) is 6.08. The van der Waals surface area contributed by atoms with Crippen molar-refractivity contribution in [2.24, 2.45) is 0 Å². The number of hydrogen-bond donors (Lipinski definition) is 2. The molecule has 0 aliphatic heterocycles. The van der Waals surface area contributed by atoms with Crippen LogP contribution in [0.4, 0.5) is 5.69 Å². The Labute approximate surface area is 139 Å². The van der Waals surface area contributed by atoms with Crippen molar-refractivity contribution in [3.8, 4) is 0 Å². The number of nitrogens with one attached hydrogen (secondary N) is 2. The summed E-state index contributed by atoms with van der Waals surface area (Å²) in [7, 11) is 0. The zero-order valence-electron chi connectivity index (χ0n) is 13.3. The third-order valence-corrected chi connectivity index (χ3v) is 4.03. The van der Waals surface area contributed by atoms with Gasteiger partial charge in [-0.25, -0.2) is 4.98 Å². The van der Waals surface area contributed by atoms with Crippen molar-refractivity contribution < 1.29 is 9.59 Å². The average molecular weight is 332 g/mol. The van der Waals surface area contributed by atoms with Crippen LogP contribution in [0.2, 0.25) is 0 Å². The molecule has 1 heterocycles. The number of unbranched alkanes of at least 4 members (excludes halogenated alkanes) is 1. The van der Waals surface area contributed by atoms with E-state index in [-0.39, 0.29) is 17.4 Å². The van der Waals surface area contributed by atoms with Gasteiger partial charge in [-0.05, 0) is 37.6 Å². The fourth-order valence-electron chi connectivity index (χ4n) is 1.91. The maximum Gasteiger partial charge on any atom is 0.234 e. The molecule has 0 bridgehead atoms. The molecule has 0 atom stereocenters. The van der Waals surface area contributed by atoms with E-state index in [2.05, 4.69) is 27.4 Å². The van der Waals surface area contributed by atoms with Crippen LogP contribution in [-0.2, 0) is 11.2 Å². The first kappa shape index (κ1) is 17.2. The molecule has 0 unspecified atom stereocenters. The van der Waals surface area contributed by atoms with Gasteiger partial charge < -0.3 is 5.32 Å². The zero-order chi connectivity index (χ0) is 16.7. The molecular formula is C16H20N4O2S. The van der Waals surface area contributed by atoms with E-state index in [4.69, 9.17) is 0 Å². The fourth-order valence-corrected chi connectivity index (χ4v) is 2.53. The highest BCUT2D eigenvalue weighted by Crippen LogP contribution is 2.15. The molecule has 0 aliphatic rings. The molecule has 0 radical (unpaired) electrons. The quantitative estimate of drug-likeness (QED) is 0.573. The molecular weight excluding hydrogens is 312 g/mol. The number of aromatic amines is 1. The third-order valence-electron chi connectivity index (χ3n) is 3.19. The molecule has 2 N–H and O–H groups in total. The van der Waals surface area contributed by atoms with Crippen LogP contribution >= 0.6 is 11.8 Å². The summed E-state index contributed by atoms with van der Waals surface area (Å²) in [5.74, 6) is 0.960. The van der Waals surface area contributed by atoms with Gasteiger partial charge in [-0.2, -0.15) is 0 Å². The standard InChI is InChI=1S/C16H20N4O2S/c1-3-4-5-14-18-16(20-19-14)23-10-15(22)17-13-8-6-12(7-9-13)11(2)21/h6-9H,3-5,10H2,1-2H3,(H,17,22)(H,18,19,20). The number of nitrogens with zero attached hydrogens (tertiary/aromatic N) is 2. The lowest BCUT2D eigenvalue weighted by Crippen LogP contribution is -2.14. The van der Waals surface area contributed by atoms with Crippen LogP contribution in [0.5, 0.6) is 0 Å². The molecule has 2 aromatic rings. The summed E-state index contributed by atoms with van der Waals surface area (Å²) >= 11 is 1.29. The van der Waals surface area contributed by atoms with E-state index in [0.29, 0.717) is 16.4 Å². The van der Waals surface area contributed by atoms with Crippen LogP contribution in [-0.4, -0.2) is 32.6 Å². The predicted octanol–water partition coefficient (Wildman–Crippen LogP) is 3.08. The van der Waals surface area contributed by atoms with Gasteiger partial charge in [-0.3, -0.25) is 14.7 Å². The molecule has 7 heteroatoms. The number of rotatable bonds is 8. The number of aromatic nitrogens is 3. The van der Waals surface area contributed by atoms with Crippen molar-refractivity contribution in [2.45, 2.75) is 38.3 Å². The minimum atomic E-state index is -0.134. The van der Waals surface area contributed by atoms with Crippen molar-refractivity contribution in [3.05, 3.63) is 35.7 Å². The lowest BCUT2D eigenvalue weighted by Gasteiger charge is -2.04. The smallest absolute Gasteiger partial charge is 0.234 e. The Kier molecular flexibility index (Phi) is 6.34. The molecule has 0 fully saturated rings. The van der Waals surface area contributed by atoms with Crippen LogP contribution in [0.15, 0.2) is 29.4 Å². The lowest BCUT2D eigenvalue weighted by atomic mass is 10.1. The van der Waals surface area contributed by atoms with Gasteiger partial charge in [0.1, 0.15) is 5.82 Å². The van der Waals surface area contributed by atoms with Crippen LogP contribution in [0.1, 0.15) is 42.9 Å². The van der Waals surface area contributed by atoms with Crippen molar-refractivity contribution in [3.63, 3.8) is 0 Å². The van der Waals surface area contributed by atoms with E-state index in [0.717, 1.165) is 25.1 Å². The number of Topliss-reactive ketones (excluding diaryl/α,β-unsaturated/α-hetero) is 1. The van der Waals surface area contributed by atoms with Gasteiger partial charge in [0.05, 0.1) is 5.75 Å². The summed E-state index contributed by atoms with van der Waals surface area (Å²) in [5, 5.41) is 10.3. The first-order valence-electron chi connectivity index (χ1n) is 7.53. The number of ketones is 1. The second-order valence-electron chi connectivity index (χ2n) is 5.14. The Bertz CT molecular complexity index is 667. The van der Waals surface area contributed by atoms with Crippen molar-refractivity contribution >= 4 is 29.1 Å². The largest absolute Gasteiger partial charge is 0.325 e.